The SMILES string of the molecule is COc1nc(Cl)nc(-c2cc3cccc(Cl)c3o2)n1. The number of aromatic nitrogens is 3. The first-order chi connectivity index (χ1) is 9.17. The highest BCUT2D eigenvalue weighted by Crippen LogP contribution is 2.31. The van der Waals surface area contributed by atoms with Gasteiger partial charge in [0.1, 0.15) is 0 Å². The predicted molar refractivity (Wildman–Crippen MR) is 71.6 cm³/mol. The molecule has 0 spiro atoms. The molecule has 2 aromatic heterocycles. The number of fused-ring (bicyclic) bond motifs is 1. The number of hydrogen-bond donors (Lipinski definition) is 0. The van der Waals surface area contributed by atoms with E-state index in [1.807, 2.05) is 12.1 Å². The van der Waals surface area contributed by atoms with Gasteiger partial charge in [-0.05, 0) is 23.7 Å². The second-order valence-electron chi connectivity index (χ2n) is 3.68. The van der Waals surface area contributed by atoms with Gasteiger partial charge in [0.2, 0.25) is 11.1 Å². The van der Waals surface area contributed by atoms with E-state index in [-0.39, 0.29) is 11.3 Å². The Labute approximate surface area is 118 Å². The number of furan rings is 1. The molecule has 0 aliphatic carbocycles. The van der Waals surface area contributed by atoms with E-state index < -0.39 is 0 Å². The lowest BCUT2D eigenvalue weighted by Gasteiger charge is -1.99. The van der Waals surface area contributed by atoms with Crippen molar-refractivity contribution in [2.75, 3.05) is 7.11 Å². The average Bonchev–Trinajstić information content (AvgIpc) is 2.83. The van der Waals surface area contributed by atoms with Crippen molar-refractivity contribution in [1.82, 2.24) is 15.0 Å². The summed E-state index contributed by atoms with van der Waals surface area (Å²) in [5.41, 5.74) is 0.578. The van der Waals surface area contributed by atoms with Gasteiger partial charge < -0.3 is 9.15 Å². The van der Waals surface area contributed by atoms with Crippen molar-refractivity contribution in [3.8, 4) is 17.6 Å². The molecule has 96 valence electrons. The number of ether oxygens (including phenoxy) is 1. The van der Waals surface area contributed by atoms with Crippen LogP contribution in [0.2, 0.25) is 10.3 Å². The molecule has 0 unspecified atom stereocenters. The summed E-state index contributed by atoms with van der Waals surface area (Å²) in [5, 5.41) is 1.42. The lowest BCUT2D eigenvalue weighted by Crippen LogP contribution is -1.97. The molecule has 0 bridgehead atoms. The first-order valence-corrected chi connectivity index (χ1v) is 6.07. The topological polar surface area (TPSA) is 61.0 Å². The Bertz CT molecular complexity index is 758. The third-order valence-corrected chi connectivity index (χ3v) is 2.95. The van der Waals surface area contributed by atoms with Crippen LogP contribution in [0.25, 0.3) is 22.6 Å². The van der Waals surface area contributed by atoms with Crippen LogP contribution in [0.5, 0.6) is 6.01 Å². The van der Waals surface area contributed by atoms with Crippen LogP contribution in [0.15, 0.2) is 28.7 Å². The molecule has 0 aliphatic rings. The maximum absolute atomic E-state index is 6.05. The number of benzene rings is 1. The van der Waals surface area contributed by atoms with E-state index in [1.165, 1.54) is 7.11 Å². The van der Waals surface area contributed by atoms with Crippen LogP contribution in [0.4, 0.5) is 0 Å². The van der Waals surface area contributed by atoms with Crippen molar-refractivity contribution in [3.63, 3.8) is 0 Å². The average molecular weight is 296 g/mol. The van der Waals surface area contributed by atoms with Crippen LogP contribution in [0, 0.1) is 0 Å². The minimum Gasteiger partial charge on any atom is -0.467 e. The maximum atomic E-state index is 6.05. The summed E-state index contributed by atoms with van der Waals surface area (Å²) >= 11 is 11.8. The van der Waals surface area contributed by atoms with Gasteiger partial charge in [-0.1, -0.05) is 23.7 Å². The molecule has 0 radical (unpaired) electrons. The van der Waals surface area contributed by atoms with Gasteiger partial charge in [0.15, 0.2) is 11.3 Å². The van der Waals surface area contributed by atoms with Crippen LogP contribution in [0.3, 0.4) is 0 Å². The first-order valence-electron chi connectivity index (χ1n) is 5.31. The van der Waals surface area contributed by atoms with E-state index in [4.69, 9.17) is 32.4 Å². The van der Waals surface area contributed by atoms with Crippen molar-refractivity contribution >= 4 is 34.2 Å². The molecule has 3 aromatic rings. The molecular weight excluding hydrogens is 289 g/mol. The summed E-state index contributed by atoms with van der Waals surface area (Å²) < 4.78 is 10.6. The number of nitrogens with zero attached hydrogens (tertiary/aromatic N) is 3. The highest BCUT2D eigenvalue weighted by molar-refractivity contribution is 6.34. The lowest BCUT2D eigenvalue weighted by atomic mass is 10.2. The molecule has 7 heteroatoms. The molecule has 3 rings (SSSR count). The van der Waals surface area contributed by atoms with Crippen molar-refractivity contribution in [2.24, 2.45) is 0 Å². The molecule has 0 amide bonds. The van der Waals surface area contributed by atoms with E-state index in [0.717, 1.165) is 5.39 Å². The molecule has 0 atom stereocenters. The van der Waals surface area contributed by atoms with Crippen LogP contribution < -0.4 is 4.74 Å². The van der Waals surface area contributed by atoms with Crippen LogP contribution in [-0.4, -0.2) is 22.1 Å². The molecule has 0 N–H and O–H groups in total. The van der Waals surface area contributed by atoms with Gasteiger partial charge in [-0.2, -0.15) is 15.0 Å². The van der Waals surface area contributed by atoms with E-state index in [1.54, 1.807) is 12.1 Å². The van der Waals surface area contributed by atoms with Gasteiger partial charge in [0.05, 0.1) is 12.1 Å². The van der Waals surface area contributed by atoms with Gasteiger partial charge in [-0.25, -0.2) is 0 Å². The molecule has 2 heterocycles. The Morgan fingerprint density at radius 2 is 2.00 bits per heavy atom. The number of hydrogen-bond acceptors (Lipinski definition) is 5. The first kappa shape index (κ1) is 12.2. The third-order valence-electron chi connectivity index (χ3n) is 2.49. The summed E-state index contributed by atoms with van der Waals surface area (Å²) in [6.45, 7) is 0. The molecule has 0 saturated heterocycles. The molecule has 5 nitrogen and oxygen atoms in total. The van der Waals surface area contributed by atoms with Gasteiger partial charge >= 0.3 is 6.01 Å². The van der Waals surface area contributed by atoms with E-state index in [2.05, 4.69) is 15.0 Å². The molecule has 0 saturated carbocycles. The Morgan fingerprint density at radius 3 is 2.74 bits per heavy atom. The Hall–Kier alpha value is -1.85. The quantitative estimate of drug-likeness (QED) is 0.723. The van der Waals surface area contributed by atoms with Crippen LogP contribution >= 0.6 is 23.2 Å². The van der Waals surface area contributed by atoms with Crippen LogP contribution in [-0.2, 0) is 0 Å². The fourth-order valence-electron chi connectivity index (χ4n) is 1.67. The molecular formula is C12H7Cl2N3O2. The van der Waals surface area contributed by atoms with Gasteiger partial charge in [0.25, 0.3) is 0 Å². The largest absolute Gasteiger partial charge is 0.467 e. The minimum atomic E-state index is 0.0356. The second-order valence-corrected chi connectivity index (χ2v) is 4.43. The van der Waals surface area contributed by atoms with Crippen molar-refractivity contribution in [1.29, 1.82) is 0 Å². The van der Waals surface area contributed by atoms with Gasteiger partial charge in [-0.15, -0.1) is 0 Å². The maximum Gasteiger partial charge on any atom is 0.321 e. The number of para-hydroxylation sites is 1. The van der Waals surface area contributed by atoms with Gasteiger partial charge in [0, 0.05) is 5.39 Å². The second kappa shape index (κ2) is 4.68. The molecule has 19 heavy (non-hydrogen) atoms. The van der Waals surface area contributed by atoms with Crippen LogP contribution in [0.1, 0.15) is 0 Å². The normalized spacial score (nSPS) is 10.9. The minimum absolute atomic E-state index is 0.0356. The predicted octanol–water partition coefficient (Wildman–Crippen LogP) is 3.60. The summed E-state index contributed by atoms with van der Waals surface area (Å²) in [7, 11) is 1.45. The highest BCUT2D eigenvalue weighted by Gasteiger charge is 2.13. The fourth-order valence-corrected chi connectivity index (χ4v) is 2.04. The lowest BCUT2D eigenvalue weighted by molar-refractivity contribution is 0.378. The fraction of sp³-hybridized carbons (Fsp3) is 0.0833. The van der Waals surface area contributed by atoms with Gasteiger partial charge in [-0.3, -0.25) is 0 Å². The van der Waals surface area contributed by atoms with E-state index in [0.29, 0.717) is 22.2 Å². The molecule has 0 fully saturated rings. The zero-order chi connectivity index (χ0) is 13.4. The molecule has 1 aromatic carbocycles. The Morgan fingerprint density at radius 1 is 1.16 bits per heavy atom. The summed E-state index contributed by atoms with van der Waals surface area (Å²) in [6.07, 6.45) is 0. The zero-order valence-electron chi connectivity index (χ0n) is 9.72. The Balaban J connectivity index is 2.19. The van der Waals surface area contributed by atoms with E-state index in [9.17, 15) is 0 Å². The van der Waals surface area contributed by atoms with Crippen molar-refractivity contribution in [3.05, 3.63) is 34.6 Å². The Kier molecular flexibility index (Phi) is 3.00. The smallest absolute Gasteiger partial charge is 0.321 e. The zero-order valence-corrected chi connectivity index (χ0v) is 11.2. The highest BCUT2D eigenvalue weighted by atomic mass is 35.5. The number of halogens is 2. The third kappa shape index (κ3) is 2.22. The summed E-state index contributed by atoms with van der Waals surface area (Å²) in [4.78, 5) is 11.9. The monoisotopic (exact) mass is 295 g/mol. The van der Waals surface area contributed by atoms with Crippen molar-refractivity contribution in [2.45, 2.75) is 0 Å². The van der Waals surface area contributed by atoms with Crippen molar-refractivity contribution < 1.29 is 9.15 Å². The van der Waals surface area contributed by atoms with E-state index >= 15 is 0 Å². The summed E-state index contributed by atoms with van der Waals surface area (Å²) in [6, 6.07) is 7.38. The molecule has 0 aliphatic heterocycles. The standard InChI is InChI=1S/C12H7Cl2N3O2/c1-18-12-16-10(15-11(14)17-12)8-5-6-3-2-4-7(13)9(6)19-8/h2-5H,1H3. The summed E-state index contributed by atoms with van der Waals surface area (Å²) in [5.74, 6) is 0.745. The number of methoxy groups -OCH3 is 1. The number of rotatable bonds is 2.